The highest BCUT2D eigenvalue weighted by Crippen LogP contribution is 2.62. The zero-order chi connectivity index (χ0) is 39.1. The van der Waals surface area contributed by atoms with Crippen molar-refractivity contribution in [1.82, 2.24) is 4.90 Å². The van der Waals surface area contributed by atoms with Gasteiger partial charge >= 0.3 is 30.0 Å². The van der Waals surface area contributed by atoms with Crippen LogP contribution in [0, 0.1) is 22.7 Å². The van der Waals surface area contributed by atoms with Crippen LogP contribution in [-0.2, 0) is 47.6 Å². The van der Waals surface area contributed by atoms with Gasteiger partial charge < -0.3 is 28.4 Å². The van der Waals surface area contributed by atoms with Crippen molar-refractivity contribution >= 4 is 30.0 Å². The number of esters is 4. The number of hydrogen-bond acceptors (Lipinski definition) is 11. The van der Waals surface area contributed by atoms with Gasteiger partial charge in [-0.2, -0.15) is 0 Å². The highest BCUT2D eigenvalue weighted by molar-refractivity contribution is 5.92. The summed E-state index contributed by atoms with van der Waals surface area (Å²) >= 11 is 0. The Labute approximate surface area is 312 Å². The molecule has 1 aromatic carbocycles. The van der Waals surface area contributed by atoms with E-state index in [9.17, 15) is 24.0 Å². The molecule has 0 spiro atoms. The average molecular weight is 738 g/mol. The SMILES string of the molecule is C=C1CCC2[C@](C)(COC(C)=O)[C@H](OC(C)=O)CC[C@@]2(C)[C@@H]1C/C=C1\C(=O)OCC1OC(=O)C1OC(C)(C)N(C(=O)OC(C)(C)C)C1c1ccccc1. The quantitative estimate of drug-likeness (QED) is 0.121. The molecule has 53 heavy (non-hydrogen) atoms. The van der Waals surface area contributed by atoms with Crippen LogP contribution in [0.15, 0.2) is 54.1 Å². The summed E-state index contributed by atoms with van der Waals surface area (Å²) in [5.74, 6) is -2.17. The molecule has 2 heterocycles. The Kier molecular flexibility index (Phi) is 11.3. The van der Waals surface area contributed by atoms with Crippen LogP contribution in [0.1, 0.15) is 106 Å². The van der Waals surface area contributed by atoms with Gasteiger partial charge in [0.15, 0.2) is 12.2 Å². The van der Waals surface area contributed by atoms with Crippen molar-refractivity contribution in [2.24, 2.45) is 22.7 Å². The van der Waals surface area contributed by atoms with Crippen LogP contribution < -0.4 is 0 Å². The van der Waals surface area contributed by atoms with Crippen molar-refractivity contribution < 1.29 is 52.4 Å². The number of amides is 1. The Bertz CT molecular complexity index is 1640. The minimum atomic E-state index is -1.24. The predicted octanol–water partition coefficient (Wildman–Crippen LogP) is 6.77. The van der Waals surface area contributed by atoms with Crippen molar-refractivity contribution in [3.63, 3.8) is 0 Å². The molecule has 2 aliphatic carbocycles. The first-order chi connectivity index (χ1) is 24.7. The number of hydrogen-bond donors (Lipinski definition) is 0. The molecule has 0 bridgehead atoms. The van der Waals surface area contributed by atoms with E-state index < -0.39 is 65.1 Å². The molecular formula is C41H55NO11. The first-order valence-electron chi connectivity index (χ1n) is 18.5. The topological polar surface area (TPSA) is 144 Å². The summed E-state index contributed by atoms with van der Waals surface area (Å²) < 4.78 is 34.8. The van der Waals surface area contributed by atoms with Crippen molar-refractivity contribution in [1.29, 1.82) is 0 Å². The Morgan fingerprint density at radius 1 is 1.00 bits per heavy atom. The number of rotatable bonds is 8. The van der Waals surface area contributed by atoms with Crippen LogP contribution in [0.4, 0.5) is 4.79 Å². The molecule has 290 valence electrons. The minimum Gasteiger partial charge on any atom is -0.465 e. The molecule has 5 rings (SSSR count). The maximum absolute atomic E-state index is 14.1. The van der Waals surface area contributed by atoms with Crippen LogP contribution in [0.2, 0.25) is 0 Å². The molecule has 2 saturated heterocycles. The Morgan fingerprint density at radius 2 is 1.68 bits per heavy atom. The molecule has 4 fully saturated rings. The standard InChI is InChI=1S/C41H55NO11/c1-24-16-19-31-40(9,21-20-32(50-26(3)44)41(31,10)23-49-25(2)43)29(24)18-17-28-30(22-48-35(28)45)51-36(46)34-33(27-14-12-11-13-15-27)42(39(7,8)52-34)37(47)53-38(4,5)6/h11-15,17,29-34H,1,16,18-23H2,2-10H3/b28-17-/t29-,30?,31?,32-,33?,34?,40+,41+/m1/s1. The number of benzene rings is 1. The highest BCUT2D eigenvalue weighted by Gasteiger charge is 2.60. The molecule has 4 unspecified atom stereocenters. The molecular weight excluding hydrogens is 682 g/mol. The van der Waals surface area contributed by atoms with Gasteiger partial charge in [-0.25, -0.2) is 14.4 Å². The summed E-state index contributed by atoms with van der Waals surface area (Å²) in [4.78, 5) is 66.3. The van der Waals surface area contributed by atoms with Gasteiger partial charge in [-0.05, 0) is 89.5 Å². The van der Waals surface area contributed by atoms with E-state index in [2.05, 4.69) is 13.5 Å². The lowest BCUT2D eigenvalue weighted by molar-refractivity contribution is -0.191. The van der Waals surface area contributed by atoms with Gasteiger partial charge in [0.2, 0.25) is 0 Å². The van der Waals surface area contributed by atoms with Crippen molar-refractivity contribution in [3.05, 3.63) is 59.7 Å². The molecule has 8 atom stereocenters. The maximum Gasteiger partial charge on any atom is 0.413 e. The van der Waals surface area contributed by atoms with E-state index in [1.165, 1.54) is 18.7 Å². The summed E-state index contributed by atoms with van der Waals surface area (Å²) in [5.41, 5.74) is -1.08. The van der Waals surface area contributed by atoms with Crippen molar-refractivity contribution in [2.45, 2.75) is 130 Å². The van der Waals surface area contributed by atoms with Crippen LogP contribution >= 0.6 is 0 Å². The van der Waals surface area contributed by atoms with Gasteiger partial charge in [-0.1, -0.05) is 62.4 Å². The molecule has 0 radical (unpaired) electrons. The Balaban J connectivity index is 1.39. The van der Waals surface area contributed by atoms with Gasteiger partial charge in [-0.3, -0.25) is 14.5 Å². The molecule has 1 amide bonds. The van der Waals surface area contributed by atoms with Crippen LogP contribution in [0.25, 0.3) is 0 Å². The number of allylic oxidation sites excluding steroid dienone is 2. The first-order valence-corrected chi connectivity index (χ1v) is 18.5. The van der Waals surface area contributed by atoms with Crippen molar-refractivity contribution in [3.8, 4) is 0 Å². The lowest BCUT2D eigenvalue weighted by atomic mass is 9.46. The van der Waals surface area contributed by atoms with Crippen molar-refractivity contribution in [2.75, 3.05) is 13.2 Å². The van der Waals surface area contributed by atoms with E-state index in [0.717, 1.165) is 18.4 Å². The second kappa shape index (κ2) is 14.9. The van der Waals surface area contributed by atoms with Gasteiger partial charge in [0.1, 0.15) is 36.7 Å². The molecule has 0 N–H and O–H groups in total. The number of fused-ring (bicyclic) bond motifs is 1. The van der Waals surface area contributed by atoms with E-state index in [1.54, 1.807) is 40.7 Å². The van der Waals surface area contributed by atoms with Crippen LogP contribution in [-0.4, -0.2) is 77.7 Å². The molecule has 2 aliphatic heterocycles. The summed E-state index contributed by atoms with van der Waals surface area (Å²) in [6, 6.07) is 8.21. The third kappa shape index (κ3) is 8.17. The zero-order valence-corrected chi connectivity index (χ0v) is 32.5. The fourth-order valence-corrected chi connectivity index (χ4v) is 9.17. The Hall–Kier alpha value is -4.19. The number of nitrogens with zero attached hydrogens (tertiary/aromatic N) is 1. The number of ether oxygens (including phenoxy) is 6. The molecule has 2 saturated carbocycles. The van der Waals surface area contributed by atoms with Gasteiger partial charge in [-0.15, -0.1) is 0 Å². The predicted molar refractivity (Wildman–Crippen MR) is 193 cm³/mol. The molecule has 4 aliphatic rings. The molecule has 12 heteroatoms. The summed E-state index contributed by atoms with van der Waals surface area (Å²) in [6.45, 7) is 20.1. The third-order valence-corrected chi connectivity index (χ3v) is 11.5. The highest BCUT2D eigenvalue weighted by atomic mass is 16.6. The minimum absolute atomic E-state index is 0.0104. The van der Waals surface area contributed by atoms with E-state index in [1.807, 2.05) is 37.3 Å². The van der Waals surface area contributed by atoms with E-state index >= 15 is 0 Å². The first kappa shape index (κ1) is 40.0. The molecule has 1 aromatic rings. The fraction of sp³-hybridized carbons (Fsp3) is 0.634. The fourth-order valence-electron chi connectivity index (χ4n) is 9.17. The lowest BCUT2D eigenvalue weighted by Gasteiger charge is -2.60. The summed E-state index contributed by atoms with van der Waals surface area (Å²) in [7, 11) is 0. The zero-order valence-electron chi connectivity index (χ0n) is 32.5. The van der Waals surface area contributed by atoms with Crippen LogP contribution in [0.3, 0.4) is 0 Å². The van der Waals surface area contributed by atoms with Gasteiger partial charge in [0.25, 0.3) is 0 Å². The summed E-state index contributed by atoms with van der Waals surface area (Å²) in [5, 5.41) is 0. The molecule has 0 aromatic heterocycles. The number of carbonyl (C=O) groups excluding carboxylic acids is 5. The van der Waals surface area contributed by atoms with E-state index in [4.69, 9.17) is 28.4 Å². The Morgan fingerprint density at radius 3 is 2.30 bits per heavy atom. The smallest absolute Gasteiger partial charge is 0.413 e. The maximum atomic E-state index is 14.1. The van der Waals surface area contributed by atoms with E-state index in [-0.39, 0.29) is 42.0 Å². The van der Waals surface area contributed by atoms with Gasteiger partial charge in [0, 0.05) is 19.3 Å². The summed E-state index contributed by atoms with van der Waals surface area (Å²) in [6.07, 6.45) is 1.72. The number of cyclic esters (lactones) is 1. The monoisotopic (exact) mass is 737 g/mol. The van der Waals surface area contributed by atoms with Crippen LogP contribution in [0.5, 0.6) is 0 Å². The second-order valence-corrected chi connectivity index (χ2v) is 16.8. The largest absolute Gasteiger partial charge is 0.465 e. The van der Waals surface area contributed by atoms with Gasteiger partial charge in [0.05, 0.1) is 5.57 Å². The third-order valence-electron chi connectivity index (χ3n) is 11.5. The van der Waals surface area contributed by atoms with E-state index in [0.29, 0.717) is 24.8 Å². The lowest BCUT2D eigenvalue weighted by Crippen LogP contribution is -2.58. The average Bonchev–Trinajstić information content (AvgIpc) is 3.55. The normalized spacial score (nSPS) is 33.2. The number of carbonyl (C=O) groups is 5. The second-order valence-electron chi connectivity index (χ2n) is 16.8. The molecule has 12 nitrogen and oxygen atoms in total.